The average Bonchev–Trinajstić information content (AvgIpc) is 1.64. The van der Waals surface area contributed by atoms with Crippen molar-refractivity contribution in [1.82, 2.24) is 87.2 Å². The first kappa shape index (κ1) is 108. The number of hydrogen-bond donors (Lipinski definition) is 17. The highest BCUT2D eigenvalue weighted by Crippen LogP contribution is 2.29. The number of phenolic OH excluding ortho intramolecular Hbond substituents is 1. The molecular weight excluding hydrogens is 1820 g/mol. The van der Waals surface area contributed by atoms with Crippen LogP contribution in [0, 0.1) is 5.92 Å². The summed E-state index contributed by atoms with van der Waals surface area (Å²) in [6.07, 6.45) is 1.77. The first-order valence-corrected chi connectivity index (χ1v) is 48.6. The van der Waals surface area contributed by atoms with E-state index in [-0.39, 0.29) is 101 Å². The standard InChI is InChI=1S/C99H132N20O20S/c1-9-11-31-79-92(132)107-70(42-57(3)4)89(129)113-77(87(127)104-51-83(102)122)55-140-56-84(123)105-72(45-61-35-37-64(120)38-36-61)95(135)114(6)58(5)86(126)109-73(43-59-24-15-13-16-25-59)97(137)118-41-23-34-80(118)93(133)112-76(49-101)91(131)110-74(44-60-26-17-14-18-27-60)98(138)119-53-65(121)48-82(119)94(134)108-71(46-62-50-103-68-30-21-19-28-66(62)68)90(130)106-69(39-40-100)88(128)111-75(96(136)116(8)81(32-12-10-2)99(139)115(79)7)47-63-52-117(54-85(124)125)78-33-22-20-29-67(63)78/h13-22,24-30,33,35-38,50,52,57-58,65,69-77,79-82,103,120-121H,9-12,23,31-32,34,39-49,51,53-56,100-101H2,1-8H3,(H2,102,122)(H,104,127)(H,105,123)(H,106,130)(H,107,132)(H,108,134)(H,109,126)(H,110,131)(H,111,128)(H,112,133)(H,113,129)(H,124,125)/t58-,65+,69-,70-,71-,72-,73-,74-,75-,76-,77-,79-,80?,81-,82-/m0/s1. The third-order valence-electron chi connectivity index (χ3n) is 25.5. The molecule has 41 heteroatoms. The van der Waals surface area contributed by atoms with Gasteiger partial charge in [0, 0.05) is 119 Å². The van der Waals surface area contributed by atoms with E-state index in [1.807, 2.05) is 13.8 Å². The summed E-state index contributed by atoms with van der Waals surface area (Å²) in [6, 6.07) is 15.7. The van der Waals surface area contributed by atoms with E-state index in [1.165, 1.54) is 72.9 Å². The number of carboxylic acid groups (broad SMARTS) is 1. The Balaban J connectivity index is 1.04. The minimum absolute atomic E-state index is 0.00997. The number of aliphatic hydroxyl groups excluding tert-OH is 1. The van der Waals surface area contributed by atoms with Crippen LogP contribution in [0.1, 0.15) is 133 Å². The largest absolute Gasteiger partial charge is 0.508 e. The van der Waals surface area contributed by atoms with Crippen LogP contribution < -0.4 is 70.4 Å². The number of H-pyrrole nitrogens is 1. The molecule has 10 rings (SSSR count). The first-order valence-electron chi connectivity index (χ1n) is 47.5. The molecule has 5 heterocycles. The van der Waals surface area contributed by atoms with Crippen molar-refractivity contribution < 1.29 is 96.8 Å². The minimum atomic E-state index is -1.66. The second-order valence-corrected chi connectivity index (χ2v) is 37.4. The Kier molecular flexibility index (Phi) is 40.0. The van der Waals surface area contributed by atoms with Crippen molar-refractivity contribution in [3.05, 3.63) is 174 Å². The Morgan fingerprint density at radius 1 is 0.514 bits per heavy atom. The number of rotatable bonds is 26. The number of nitrogens with two attached hydrogens (primary N) is 3. The number of unbranched alkanes of at least 4 members (excludes halogenated alkanes) is 2. The SMILES string of the molecule is CCCC[C@H]1C(=O)N(C)[C@@H](CCCC)C(=O)N[C@@H](CC(C)C)C(=O)N[C@H](C(=O)NCC(N)=O)CSCC(=O)N[C@@H](Cc2ccc(O)cc2)C(=O)N(C)[C@@H](C)C(=O)N[C@@H](Cc2ccccc2)C(=O)N2CCCC2C(=O)N[C@@H](CN)C(=O)N[C@@H](Cc2ccccc2)C(=O)N2C[C@H](O)C[C@H]2C(=O)N[C@@H](Cc2c[nH]c3ccccc23)C(=O)N[C@@H](CCN)C(=O)N[C@@H](Cc2cn(CC(=O)O)c3ccccc23)C(=O)N1C. The normalized spacial score (nSPS) is 24.3. The highest BCUT2D eigenvalue weighted by Gasteiger charge is 2.47. The Morgan fingerprint density at radius 3 is 1.64 bits per heavy atom. The molecule has 0 saturated carbocycles. The number of likely N-dealkylation sites (N-methyl/N-ethyl adjacent to an activating group) is 3. The van der Waals surface area contributed by atoms with E-state index in [1.54, 1.807) is 129 Å². The third-order valence-corrected chi connectivity index (χ3v) is 26.6. The highest BCUT2D eigenvalue weighted by molar-refractivity contribution is 8.00. The number of phenols is 1. The topological polar surface area (TPSA) is 586 Å². The zero-order valence-corrected chi connectivity index (χ0v) is 81.0. The Hall–Kier alpha value is -13.8. The maximum Gasteiger partial charge on any atom is 0.323 e. The van der Waals surface area contributed by atoms with Gasteiger partial charge < -0.3 is 120 Å². The number of nitrogens with one attached hydrogen (secondary N) is 11. The van der Waals surface area contributed by atoms with Gasteiger partial charge in [-0.05, 0) is 110 Å². The predicted octanol–water partition coefficient (Wildman–Crippen LogP) is 0.325. The van der Waals surface area contributed by atoms with Crippen molar-refractivity contribution in [3.8, 4) is 5.75 Å². The third kappa shape index (κ3) is 29.4. The number of amides is 16. The monoisotopic (exact) mass is 1950 g/mol. The lowest BCUT2D eigenvalue weighted by atomic mass is 9.99. The molecule has 0 radical (unpaired) electrons. The molecule has 5 aromatic carbocycles. The van der Waals surface area contributed by atoms with Gasteiger partial charge >= 0.3 is 5.97 Å². The van der Waals surface area contributed by atoms with Crippen molar-refractivity contribution in [2.24, 2.45) is 23.1 Å². The number of benzene rings is 5. The molecule has 0 bridgehead atoms. The second kappa shape index (κ2) is 51.7. The first-order chi connectivity index (χ1) is 66.9. The molecule has 0 spiro atoms. The Morgan fingerprint density at radius 2 is 1.02 bits per heavy atom. The van der Waals surface area contributed by atoms with Crippen LogP contribution in [0.3, 0.4) is 0 Å². The fourth-order valence-corrected chi connectivity index (χ4v) is 18.7. The highest BCUT2D eigenvalue weighted by atomic mass is 32.2. The van der Waals surface area contributed by atoms with E-state index < -0.39 is 230 Å². The van der Waals surface area contributed by atoms with Crippen molar-refractivity contribution in [2.45, 2.75) is 235 Å². The number of fused-ring (bicyclic) bond motifs is 4. The quantitative estimate of drug-likeness (QED) is 0.0347. The van der Waals surface area contributed by atoms with Gasteiger partial charge in [-0.25, -0.2) is 0 Å². The van der Waals surface area contributed by atoms with Gasteiger partial charge in [-0.3, -0.25) is 81.5 Å². The van der Waals surface area contributed by atoms with Gasteiger partial charge in [-0.1, -0.05) is 163 Å². The van der Waals surface area contributed by atoms with Crippen LogP contribution in [-0.4, -0.2) is 306 Å². The summed E-state index contributed by atoms with van der Waals surface area (Å²) in [5, 5.41) is 60.4. The molecule has 1 unspecified atom stereocenters. The summed E-state index contributed by atoms with van der Waals surface area (Å²) in [7, 11) is 4.02. The number of aliphatic hydroxyl groups is 1. The number of primary amides is 1. The fourth-order valence-electron chi connectivity index (χ4n) is 17.8. The number of carboxylic acids is 1. The van der Waals surface area contributed by atoms with E-state index >= 15 is 43.2 Å². The van der Waals surface area contributed by atoms with Crippen LogP contribution in [0.4, 0.5) is 0 Å². The van der Waals surface area contributed by atoms with Gasteiger partial charge in [0.25, 0.3) is 0 Å². The van der Waals surface area contributed by atoms with Crippen LogP contribution in [-0.2, 0) is 120 Å². The summed E-state index contributed by atoms with van der Waals surface area (Å²) in [5.74, 6) is -16.6. The lowest BCUT2D eigenvalue weighted by Crippen LogP contribution is -2.62. The van der Waals surface area contributed by atoms with E-state index in [0.29, 0.717) is 75.3 Å². The van der Waals surface area contributed by atoms with E-state index in [9.17, 15) is 53.7 Å². The molecule has 0 aliphatic carbocycles. The number of nitrogens with zero attached hydrogens (tertiary/aromatic N) is 6. The minimum Gasteiger partial charge on any atom is -0.508 e. The molecule has 3 saturated heterocycles. The number of aliphatic carboxylic acids is 1. The van der Waals surface area contributed by atoms with Crippen LogP contribution in [0.5, 0.6) is 5.75 Å². The molecule has 754 valence electrons. The van der Waals surface area contributed by atoms with Gasteiger partial charge in [-0.15, -0.1) is 11.8 Å². The van der Waals surface area contributed by atoms with Gasteiger partial charge in [0.1, 0.15) is 96.9 Å². The van der Waals surface area contributed by atoms with Crippen molar-refractivity contribution in [2.75, 3.05) is 65.4 Å². The molecule has 15 atom stereocenters. The fraction of sp³-hybridized carbons (Fsp3) is 0.485. The summed E-state index contributed by atoms with van der Waals surface area (Å²) in [4.78, 5) is 261. The molecule has 3 aliphatic heterocycles. The van der Waals surface area contributed by atoms with Crippen LogP contribution in [0.25, 0.3) is 21.8 Å². The van der Waals surface area contributed by atoms with E-state index in [2.05, 4.69) is 58.2 Å². The number of thioether (sulfide) groups is 1. The van der Waals surface area contributed by atoms with Crippen LogP contribution in [0.15, 0.2) is 146 Å². The summed E-state index contributed by atoms with van der Waals surface area (Å²) in [5.41, 5.74) is 21.6. The van der Waals surface area contributed by atoms with Crippen LogP contribution in [0.2, 0.25) is 0 Å². The number of para-hydroxylation sites is 2. The lowest BCUT2D eigenvalue weighted by Gasteiger charge is -2.36. The van der Waals surface area contributed by atoms with Crippen molar-refractivity contribution >= 4 is 134 Å². The predicted molar refractivity (Wildman–Crippen MR) is 522 cm³/mol. The van der Waals surface area contributed by atoms with Gasteiger partial charge in [-0.2, -0.15) is 0 Å². The molecule has 16 amide bonds. The molecule has 20 N–H and O–H groups in total. The molecule has 40 nitrogen and oxygen atoms in total. The van der Waals surface area contributed by atoms with Gasteiger partial charge in [0.05, 0.1) is 18.4 Å². The molecule has 3 aliphatic rings. The molecule has 3 fully saturated rings. The van der Waals surface area contributed by atoms with E-state index in [0.717, 1.165) is 26.5 Å². The maximum absolute atomic E-state index is 16.0. The average molecular weight is 1950 g/mol. The number of carbonyl (C=O) groups excluding carboxylic acids is 16. The summed E-state index contributed by atoms with van der Waals surface area (Å²) in [6.45, 7) is 6.09. The number of aromatic amines is 1. The lowest BCUT2D eigenvalue weighted by molar-refractivity contribution is -0.149. The summed E-state index contributed by atoms with van der Waals surface area (Å²) >= 11 is 0.817. The zero-order chi connectivity index (χ0) is 102. The van der Waals surface area contributed by atoms with Gasteiger partial charge in [0.2, 0.25) is 94.5 Å². The maximum atomic E-state index is 16.0. The number of aromatic nitrogens is 2. The van der Waals surface area contributed by atoms with Crippen LogP contribution >= 0.6 is 11.8 Å². The Labute approximate surface area is 816 Å². The number of aromatic hydroxyl groups is 1. The second-order valence-electron chi connectivity index (χ2n) is 36.4. The molecule has 2 aromatic heterocycles. The van der Waals surface area contributed by atoms with Crippen molar-refractivity contribution in [1.29, 1.82) is 0 Å². The molecule has 140 heavy (non-hydrogen) atoms. The smallest absolute Gasteiger partial charge is 0.323 e. The summed E-state index contributed by atoms with van der Waals surface area (Å²) < 4.78 is 1.45. The molecular formula is C99H132N20O20S. The number of carbonyl (C=O) groups is 17. The Bertz CT molecular complexity index is 5550. The number of hydrogen-bond acceptors (Lipinski definition) is 22. The van der Waals surface area contributed by atoms with Gasteiger partial charge in [0.15, 0.2) is 0 Å². The zero-order valence-electron chi connectivity index (χ0n) is 80.2. The molecule has 7 aromatic rings. The van der Waals surface area contributed by atoms with E-state index in [4.69, 9.17) is 17.2 Å². The van der Waals surface area contributed by atoms with Crippen molar-refractivity contribution in [3.63, 3.8) is 0 Å².